The van der Waals surface area contributed by atoms with Crippen molar-refractivity contribution in [1.82, 2.24) is 5.32 Å². The zero-order valence-electron chi connectivity index (χ0n) is 12.3. The Bertz CT molecular complexity index is 490. The molecule has 2 fully saturated rings. The Kier molecular flexibility index (Phi) is 3.59. The Morgan fingerprint density at radius 3 is 2.80 bits per heavy atom. The van der Waals surface area contributed by atoms with E-state index in [-0.39, 0.29) is 11.3 Å². The standard InChI is InChI=1S/C16H23NO3/c1-11-7-13(11)14-5-3-12(20-14)4-6-15(18)17-8-16(2)9-19-10-16/h3,5,11,13H,4,6-10H2,1-2H3,(H,17,18). The molecule has 0 radical (unpaired) electrons. The number of rotatable bonds is 6. The second-order valence-corrected chi connectivity index (χ2v) is 6.70. The van der Waals surface area contributed by atoms with E-state index in [9.17, 15) is 4.79 Å². The zero-order chi connectivity index (χ0) is 14.2. The molecule has 1 N–H and O–H groups in total. The summed E-state index contributed by atoms with van der Waals surface area (Å²) in [6.45, 7) is 6.56. The number of ether oxygens (including phenoxy) is 1. The smallest absolute Gasteiger partial charge is 0.220 e. The van der Waals surface area contributed by atoms with Crippen molar-refractivity contribution in [3.05, 3.63) is 23.7 Å². The fourth-order valence-electron chi connectivity index (χ4n) is 2.64. The summed E-state index contributed by atoms with van der Waals surface area (Å²) in [6, 6.07) is 4.07. The molecular weight excluding hydrogens is 254 g/mol. The van der Waals surface area contributed by atoms with Gasteiger partial charge in [-0.3, -0.25) is 4.79 Å². The maximum absolute atomic E-state index is 11.8. The van der Waals surface area contributed by atoms with Crippen LogP contribution in [0.1, 0.15) is 44.1 Å². The van der Waals surface area contributed by atoms with Gasteiger partial charge in [0.1, 0.15) is 11.5 Å². The lowest BCUT2D eigenvalue weighted by atomic mass is 9.89. The molecule has 4 nitrogen and oxygen atoms in total. The molecule has 1 aliphatic carbocycles. The molecule has 0 spiro atoms. The average Bonchev–Trinajstić information content (AvgIpc) is 2.94. The zero-order valence-corrected chi connectivity index (χ0v) is 12.3. The van der Waals surface area contributed by atoms with E-state index in [1.807, 2.05) is 6.07 Å². The first-order chi connectivity index (χ1) is 9.56. The van der Waals surface area contributed by atoms with E-state index >= 15 is 0 Å². The van der Waals surface area contributed by atoms with Crippen molar-refractivity contribution < 1.29 is 13.9 Å². The predicted octanol–water partition coefficient (Wildman–Crippen LogP) is 2.49. The van der Waals surface area contributed by atoms with Crippen LogP contribution in [-0.4, -0.2) is 25.7 Å². The Balaban J connectivity index is 1.40. The maximum atomic E-state index is 11.8. The van der Waals surface area contributed by atoms with Gasteiger partial charge in [-0.25, -0.2) is 0 Å². The number of aryl methyl sites for hydroxylation is 1. The summed E-state index contributed by atoms with van der Waals surface area (Å²) in [5, 5.41) is 2.98. The number of hydrogen-bond donors (Lipinski definition) is 1. The highest BCUT2D eigenvalue weighted by Gasteiger charge is 2.36. The van der Waals surface area contributed by atoms with E-state index in [2.05, 4.69) is 25.2 Å². The van der Waals surface area contributed by atoms with Gasteiger partial charge in [0.05, 0.1) is 13.2 Å². The molecule has 1 aliphatic heterocycles. The van der Waals surface area contributed by atoms with Crippen LogP contribution in [0.5, 0.6) is 0 Å². The third-order valence-electron chi connectivity index (χ3n) is 4.37. The molecule has 1 amide bonds. The summed E-state index contributed by atoms with van der Waals surface area (Å²) < 4.78 is 11.0. The van der Waals surface area contributed by atoms with Gasteiger partial charge in [-0.2, -0.15) is 0 Å². The van der Waals surface area contributed by atoms with Gasteiger partial charge in [0.15, 0.2) is 0 Å². The molecule has 1 aromatic heterocycles. The minimum absolute atomic E-state index is 0.0934. The van der Waals surface area contributed by atoms with Gasteiger partial charge < -0.3 is 14.5 Å². The van der Waals surface area contributed by atoms with Gasteiger partial charge in [0.25, 0.3) is 0 Å². The molecule has 0 bridgehead atoms. The minimum atomic E-state index is 0.0934. The quantitative estimate of drug-likeness (QED) is 0.869. The Labute approximate surface area is 119 Å². The molecule has 1 saturated heterocycles. The van der Waals surface area contributed by atoms with Gasteiger partial charge in [-0.05, 0) is 24.5 Å². The molecule has 1 saturated carbocycles. The highest BCUT2D eigenvalue weighted by Crippen LogP contribution is 2.47. The molecule has 2 heterocycles. The predicted molar refractivity (Wildman–Crippen MR) is 75.5 cm³/mol. The normalized spacial score (nSPS) is 26.9. The summed E-state index contributed by atoms with van der Waals surface area (Å²) in [5.74, 6) is 3.47. The number of hydrogen-bond acceptors (Lipinski definition) is 3. The summed E-state index contributed by atoms with van der Waals surface area (Å²) in [7, 11) is 0. The van der Waals surface area contributed by atoms with Crippen LogP contribution in [0.25, 0.3) is 0 Å². The largest absolute Gasteiger partial charge is 0.466 e. The Morgan fingerprint density at radius 1 is 1.45 bits per heavy atom. The molecule has 3 rings (SSSR count). The van der Waals surface area contributed by atoms with E-state index in [4.69, 9.17) is 9.15 Å². The molecule has 0 aromatic carbocycles. The number of carbonyl (C=O) groups is 1. The summed E-state index contributed by atoms with van der Waals surface area (Å²) in [5.41, 5.74) is 0.135. The lowest BCUT2D eigenvalue weighted by Crippen LogP contribution is -2.48. The van der Waals surface area contributed by atoms with E-state index in [1.54, 1.807) is 0 Å². The minimum Gasteiger partial charge on any atom is -0.466 e. The molecule has 2 aliphatic rings. The first-order valence-electron chi connectivity index (χ1n) is 7.49. The van der Waals surface area contributed by atoms with Crippen molar-refractivity contribution in [3.63, 3.8) is 0 Å². The summed E-state index contributed by atoms with van der Waals surface area (Å²) >= 11 is 0. The second-order valence-electron chi connectivity index (χ2n) is 6.70. The van der Waals surface area contributed by atoms with E-state index < -0.39 is 0 Å². The van der Waals surface area contributed by atoms with E-state index in [0.29, 0.717) is 25.3 Å². The van der Waals surface area contributed by atoms with Crippen LogP contribution in [0, 0.1) is 11.3 Å². The van der Waals surface area contributed by atoms with Gasteiger partial charge in [0, 0.05) is 30.7 Å². The number of furan rings is 1. The average molecular weight is 277 g/mol. The fourth-order valence-corrected chi connectivity index (χ4v) is 2.64. The number of carbonyl (C=O) groups excluding carboxylic acids is 1. The number of nitrogens with one attached hydrogen (secondary N) is 1. The van der Waals surface area contributed by atoms with Crippen molar-refractivity contribution in [2.45, 2.75) is 39.0 Å². The summed E-state index contributed by atoms with van der Waals surface area (Å²) in [6.07, 6.45) is 2.40. The maximum Gasteiger partial charge on any atom is 0.220 e. The Hall–Kier alpha value is -1.29. The summed E-state index contributed by atoms with van der Waals surface area (Å²) in [4.78, 5) is 11.8. The van der Waals surface area contributed by atoms with Gasteiger partial charge in [-0.15, -0.1) is 0 Å². The monoisotopic (exact) mass is 277 g/mol. The van der Waals surface area contributed by atoms with Crippen molar-refractivity contribution in [1.29, 1.82) is 0 Å². The second kappa shape index (κ2) is 5.24. The van der Waals surface area contributed by atoms with Gasteiger partial charge >= 0.3 is 0 Å². The molecule has 2 unspecified atom stereocenters. The molecule has 1 aromatic rings. The molecule has 4 heteroatoms. The van der Waals surface area contributed by atoms with Gasteiger partial charge in [-0.1, -0.05) is 13.8 Å². The van der Waals surface area contributed by atoms with Gasteiger partial charge in [0.2, 0.25) is 5.91 Å². The molecular formula is C16H23NO3. The third-order valence-corrected chi connectivity index (χ3v) is 4.37. The first kappa shape index (κ1) is 13.7. The highest BCUT2D eigenvalue weighted by atomic mass is 16.5. The van der Waals surface area contributed by atoms with E-state index in [0.717, 1.165) is 30.7 Å². The molecule has 2 atom stereocenters. The third kappa shape index (κ3) is 3.06. The highest BCUT2D eigenvalue weighted by molar-refractivity contribution is 5.76. The van der Waals surface area contributed by atoms with Crippen LogP contribution in [-0.2, 0) is 16.0 Å². The van der Waals surface area contributed by atoms with Crippen LogP contribution in [0.3, 0.4) is 0 Å². The first-order valence-corrected chi connectivity index (χ1v) is 7.49. The van der Waals surface area contributed by atoms with Crippen molar-refractivity contribution in [2.75, 3.05) is 19.8 Å². The fraction of sp³-hybridized carbons (Fsp3) is 0.688. The lowest BCUT2D eigenvalue weighted by Gasteiger charge is -2.38. The van der Waals surface area contributed by atoms with Crippen molar-refractivity contribution >= 4 is 5.91 Å². The lowest BCUT2D eigenvalue weighted by molar-refractivity contribution is -0.126. The van der Waals surface area contributed by atoms with Crippen LogP contribution >= 0.6 is 0 Å². The van der Waals surface area contributed by atoms with Crippen LogP contribution < -0.4 is 5.32 Å². The van der Waals surface area contributed by atoms with Crippen LogP contribution in [0.4, 0.5) is 0 Å². The van der Waals surface area contributed by atoms with Crippen molar-refractivity contribution in [3.8, 4) is 0 Å². The Morgan fingerprint density at radius 2 is 2.20 bits per heavy atom. The van der Waals surface area contributed by atoms with E-state index in [1.165, 1.54) is 6.42 Å². The topological polar surface area (TPSA) is 51.5 Å². The van der Waals surface area contributed by atoms with Crippen LogP contribution in [0.15, 0.2) is 16.5 Å². The molecule has 110 valence electrons. The SMILES string of the molecule is CC1CC1c1ccc(CCC(=O)NCC2(C)COC2)o1. The molecule has 20 heavy (non-hydrogen) atoms. The van der Waals surface area contributed by atoms with Crippen molar-refractivity contribution in [2.24, 2.45) is 11.3 Å². The van der Waals surface area contributed by atoms with Crippen LogP contribution in [0.2, 0.25) is 0 Å². The number of amides is 1.